The Kier molecular flexibility index (Phi) is 4.57. The zero-order chi connectivity index (χ0) is 12.8. The third kappa shape index (κ3) is 3.24. The first-order valence-electron chi connectivity index (χ1n) is 5.37. The summed E-state index contributed by atoms with van der Waals surface area (Å²) in [6.07, 6.45) is 1.55. The number of esters is 1. The summed E-state index contributed by atoms with van der Waals surface area (Å²) < 4.78 is 5.06. The lowest BCUT2D eigenvalue weighted by molar-refractivity contribution is 0.0550. The van der Waals surface area contributed by atoms with E-state index >= 15 is 0 Å². The maximum absolute atomic E-state index is 11.9. The fraction of sp³-hybridized carbons (Fsp3) is 0.308. The molecule has 0 saturated heterocycles. The lowest BCUT2D eigenvalue weighted by Gasteiger charge is -2.17. The number of nitrogens with one attached hydrogen (secondary N) is 1. The Morgan fingerprint density at radius 1 is 1.53 bits per heavy atom. The molecular weight excluding hydrogens is 216 g/mol. The van der Waals surface area contributed by atoms with Gasteiger partial charge in [-0.3, -0.25) is 0 Å². The SMILES string of the molecule is C=CCOC(=O)c1cc(NC)ccc1N(C)C. The number of hydrogen-bond donors (Lipinski definition) is 1. The Labute approximate surface area is 102 Å². The van der Waals surface area contributed by atoms with Gasteiger partial charge in [-0.1, -0.05) is 12.7 Å². The van der Waals surface area contributed by atoms with Crippen LogP contribution >= 0.6 is 0 Å². The second-order valence-corrected chi connectivity index (χ2v) is 3.76. The van der Waals surface area contributed by atoms with Crippen molar-refractivity contribution in [3.63, 3.8) is 0 Å². The molecule has 1 rings (SSSR count). The van der Waals surface area contributed by atoms with Crippen LogP contribution in [-0.4, -0.2) is 33.7 Å². The molecule has 0 bridgehead atoms. The normalized spacial score (nSPS) is 9.59. The zero-order valence-corrected chi connectivity index (χ0v) is 10.5. The fourth-order valence-electron chi connectivity index (χ4n) is 1.46. The molecule has 0 heterocycles. The number of nitrogens with zero attached hydrogens (tertiary/aromatic N) is 1. The molecule has 0 fully saturated rings. The molecule has 17 heavy (non-hydrogen) atoms. The average Bonchev–Trinajstić information content (AvgIpc) is 2.34. The van der Waals surface area contributed by atoms with Crippen molar-refractivity contribution < 1.29 is 9.53 Å². The van der Waals surface area contributed by atoms with Gasteiger partial charge in [-0.05, 0) is 18.2 Å². The molecule has 92 valence electrons. The summed E-state index contributed by atoms with van der Waals surface area (Å²) in [5.74, 6) is -0.342. The van der Waals surface area contributed by atoms with Crippen LogP contribution in [0.15, 0.2) is 30.9 Å². The molecular formula is C13H18N2O2. The van der Waals surface area contributed by atoms with E-state index in [4.69, 9.17) is 4.74 Å². The molecule has 0 atom stereocenters. The summed E-state index contributed by atoms with van der Waals surface area (Å²) in [6.45, 7) is 3.74. The number of rotatable bonds is 5. The molecule has 4 heteroatoms. The highest BCUT2D eigenvalue weighted by Crippen LogP contribution is 2.23. The number of ether oxygens (including phenoxy) is 1. The summed E-state index contributed by atoms with van der Waals surface area (Å²) >= 11 is 0. The van der Waals surface area contributed by atoms with Crippen LogP contribution in [0, 0.1) is 0 Å². The number of carbonyl (C=O) groups is 1. The van der Waals surface area contributed by atoms with E-state index < -0.39 is 0 Å². The van der Waals surface area contributed by atoms with E-state index in [9.17, 15) is 4.79 Å². The van der Waals surface area contributed by atoms with Gasteiger partial charge in [0.2, 0.25) is 0 Å². The molecule has 1 aromatic rings. The van der Waals surface area contributed by atoms with Crippen LogP contribution in [0.3, 0.4) is 0 Å². The van der Waals surface area contributed by atoms with Crippen molar-refractivity contribution in [1.82, 2.24) is 0 Å². The lowest BCUT2D eigenvalue weighted by atomic mass is 10.1. The Bertz CT molecular complexity index is 414. The average molecular weight is 234 g/mol. The Morgan fingerprint density at radius 2 is 2.24 bits per heavy atom. The highest BCUT2D eigenvalue weighted by atomic mass is 16.5. The van der Waals surface area contributed by atoms with Crippen LogP contribution in [0.25, 0.3) is 0 Å². The van der Waals surface area contributed by atoms with Crippen molar-refractivity contribution in [3.05, 3.63) is 36.4 Å². The molecule has 1 N–H and O–H groups in total. The van der Waals surface area contributed by atoms with Gasteiger partial charge >= 0.3 is 5.97 Å². The predicted octanol–water partition coefficient (Wildman–Crippen LogP) is 2.14. The Hall–Kier alpha value is -1.97. The van der Waals surface area contributed by atoms with Crippen LogP contribution in [-0.2, 0) is 4.74 Å². The summed E-state index contributed by atoms with van der Waals surface area (Å²) in [6, 6.07) is 5.58. The molecule has 0 unspecified atom stereocenters. The maximum Gasteiger partial charge on any atom is 0.340 e. The number of carbonyl (C=O) groups excluding carboxylic acids is 1. The predicted molar refractivity (Wildman–Crippen MR) is 70.8 cm³/mol. The second-order valence-electron chi connectivity index (χ2n) is 3.76. The van der Waals surface area contributed by atoms with Crippen molar-refractivity contribution >= 4 is 17.3 Å². The quantitative estimate of drug-likeness (QED) is 0.626. The molecule has 0 aromatic heterocycles. The van der Waals surface area contributed by atoms with Crippen molar-refractivity contribution in [2.45, 2.75) is 0 Å². The smallest absolute Gasteiger partial charge is 0.340 e. The van der Waals surface area contributed by atoms with Crippen molar-refractivity contribution in [2.24, 2.45) is 0 Å². The fourth-order valence-corrected chi connectivity index (χ4v) is 1.46. The maximum atomic E-state index is 11.9. The van der Waals surface area contributed by atoms with Gasteiger partial charge in [-0.25, -0.2) is 4.79 Å². The first kappa shape index (κ1) is 13.1. The molecule has 4 nitrogen and oxygen atoms in total. The molecule has 0 aliphatic heterocycles. The molecule has 1 aromatic carbocycles. The van der Waals surface area contributed by atoms with E-state index in [-0.39, 0.29) is 12.6 Å². The van der Waals surface area contributed by atoms with Crippen LogP contribution in [0.5, 0.6) is 0 Å². The summed E-state index contributed by atoms with van der Waals surface area (Å²) in [4.78, 5) is 13.8. The van der Waals surface area contributed by atoms with Crippen molar-refractivity contribution in [3.8, 4) is 0 Å². The highest BCUT2D eigenvalue weighted by Gasteiger charge is 2.14. The van der Waals surface area contributed by atoms with Gasteiger partial charge in [0, 0.05) is 26.8 Å². The van der Waals surface area contributed by atoms with Crippen molar-refractivity contribution in [2.75, 3.05) is 38.0 Å². The topological polar surface area (TPSA) is 41.6 Å². The van der Waals surface area contributed by atoms with Gasteiger partial charge in [0.05, 0.1) is 11.3 Å². The Balaban J connectivity index is 3.08. The summed E-state index contributed by atoms with van der Waals surface area (Å²) in [5.41, 5.74) is 2.25. The minimum atomic E-state index is -0.342. The second kappa shape index (κ2) is 5.94. The molecule has 0 aliphatic carbocycles. The van der Waals surface area contributed by atoms with Gasteiger partial charge in [0.1, 0.15) is 6.61 Å². The number of anilines is 2. The molecule has 0 saturated carbocycles. The highest BCUT2D eigenvalue weighted by molar-refractivity contribution is 5.97. The van der Waals surface area contributed by atoms with Crippen LogP contribution < -0.4 is 10.2 Å². The van der Waals surface area contributed by atoms with Gasteiger partial charge in [-0.15, -0.1) is 0 Å². The van der Waals surface area contributed by atoms with Gasteiger partial charge in [0.15, 0.2) is 0 Å². The van der Waals surface area contributed by atoms with Gasteiger partial charge in [0.25, 0.3) is 0 Å². The van der Waals surface area contributed by atoms with Crippen LogP contribution in [0.4, 0.5) is 11.4 Å². The largest absolute Gasteiger partial charge is 0.458 e. The van der Waals surface area contributed by atoms with Crippen LogP contribution in [0.2, 0.25) is 0 Å². The van der Waals surface area contributed by atoms with E-state index in [1.807, 2.05) is 38.2 Å². The first-order valence-corrected chi connectivity index (χ1v) is 5.37. The van der Waals surface area contributed by atoms with E-state index in [0.717, 1.165) is 11.4 Å². The van der Waals surface area contributed by atoms with E-state index in [2.05, 4.69) is 11.9 Å². The minimum absolute atomic E-state index is 0.218. The lowest BCUT2D eigenvalue weighted by Crippen LogP contribution is -2.15. The Morgan fingerprint density at radius 3 is 2.76 bits per heavy atom. The molecule has 0 aliphatic rings. The molecule has 0 spiro atoms. The van der Waals surface area contributed by atoms with Gasteiger partial charge < -0.3 is 15.0 Å². The van der Waals surface area contributed by atoms with E-state index in [1.165, 1.54) is 0 Å². The number of benzene rings is 1. The monoisotopic (exact) mass is 234 g/mol. The summed E-state index contributed by atoms with van der Waals surface area (Å²) in [5, 5.41) is 3.00. The first-order chi connectivity index (χ1) is 8.10. The zero-order valence-electron chi connectivity index (χ0n) is 10.5. The van der Waals surface area contributed by atoms with Crippen LogP contribution in [0.1, 0.15) is 10.4 Å². The van der Waals surface area contributed by atoms with E-state index in [0.29, 0.717) is 5.56 Å². The molecule has 0 amide bonds. The minimum Gasteiger partial charge on any atom is -0.458 e. The third-order valence-corrected chi connectivity index (χ3v) is 2.32. The standard InChI is InChI=1S/C13H18N2O2/c1-5-8-17-13(16)11-9-10(14-2)6-7-12(11)15(3)4/h5-7,9,14H,1,8H2,2-4H3. The van der Waals surface area contributed by atoms with E-state index in [1.54, 1.807) is 12.1 Å². The van der Waals surface area contributed by atoms with Gasteiger partial charge in [-0.2, -0.15) is 0 Å². The summed E-state index contributed by atoms with van der Waals surface area (Å²) in [7, 11) is 5.58. The third-order valence-electron chi connectivity index (χ3n) is 2.32. The molecule has 0 radical (unpaired) electrons. The van der Waals surface area contributed by atoms with Crippen molar-refractivity contribution in [1.29, 1.82) is 0 Å². The number of hydrogen-bond acceptors (Lipinski definition) is 4.